The summed E-state index contributed by atoms with van der Waals surface area (Å²) in [5.41, 5.74) is 1.09. The van der Waals surface area contributed by atoms with Crippen molar-refractivity contribution in [2.75, 3.05) is 14.2 Å². The van der Waals surface area contributed by atoms with Crippen LogP contribution in [0.3, 0.4) is 0 Å². The van der Waals surface area contributed by atoms with E-state index in [1.165, 1.54) is 21.1 Å². The quantitative estimate of drug-likeness (QED) is 0.584. The molecule has 0 atom stereocenters. The molecule has 4 heteroatoms. The molecule has 0 aliphatic rings. The van der Waals surface area contributed by atoms with Gasteiger partial charge >= 0.3 is 5.97 Å². The first-order valence-corrected chi connectivity index (χ1v) is 5.55. The molecule has 1 aromatic carbocycles. The minimum atomic E-state index is -0.398. The van der Waals surface area contributed by atoms with Gasteiger partial charge in [0.25, 0.3) is 0 Å². The minimum absolute atomic E-state index is 0.336. The molecule has 0 aromatic heterocycles. The third-order valence-electron chi connectivity index (χ3n) is 2.30. The second-order valence-electron chi connectivity index (χ2n) is 3.67. The highest BCUT2D eigenvalue weighted by molar-refractivity contribution is 5.72. The smallest absolute Gasteiger partial charge is 0.308 e. The van der Waals surface area contributed by atoms with Crippen molar-refractivity contribution in [2.24, 2.45) is 0 Å². The summed E-state index contributed by atoms with van der Waals surface area (Å²) in [6.45, 7) is 3.44. The van der Waals surface area contributed by atoms with Crippen LogP contribution in [0.15, 0.2) is 12.1 Å². The number of rotatable bonds is 5. The van der Waals surface area contributed by atoms with Gasteiger partial charge in [0.15, 0.2) is 11.5 Å². The van der Waals surface area contributed by atoms with Crippen LogP contribution >= 0.6 is 0 Å². The molecule has 1 aromatic rings. The Hall–Kier alpha value is -1.71. The maximum Gasteiger partial charge on any atom is 0.308 e. The predicted molar refractivity (Wildman–Crippen MR) is 64.9 cm³/mol. The fraction of sp³-hybridized carbons (Fsp3) is 0.462. The van der Waals surface area contributed by atoms with Gasteiger partial charge in [-0.25, -0.2) is 0 Å². The average Bonchev–Trinajstić information content (AvgIpc) is 2.30. The van der Waals surface area contributed by atoms with E-state index in [4.69, 9.17) is 14.2 Å². The van der Waals surface area contributed by atoms with Crippen LogP contribution in [0.5, 0.6) is 17.2 Å². The summed E-state index contributed by atoms with van der Waals surface area (Å²) < 4.78 is 15.5. The van der Waals surface area contributed by atoms with Gasteiger partial charge in [-0.2, -0.15) is 0 Å². The van der Waals surface area contributed by atoms with Crippen molar-refractivity contribution in [1.29, 1.82) is 0 Å². The van der Waals surface area contributed by atoms with Crippen molar-refractivity contribution in [3.8, 4) is 17.2 Å². The van der Waals surface area contributed by atoms with Crippen molar-refractivity contribution in [3.05, 3.63) is 17.7 Å². The van der Waals surface area contributed by atoms with Crippen LogP contribution < -0.4 is 14.2 Å². The number of ether oxygens (including phenoxy) is 3. The lowest BCUT2D eigenvalue weighted by Crippen LogP contribution is -2.05. The summed E-state index contributed by atoms with van der Waals surface area (Å²) in [4.78, 5) is 11.0. The van der Waals surface area contributed by atoms with E-state index >= 15 is 0 Å². The minimum Gasteiger partial charge on any atom is -0.493 e. The third-order valence-corrected chi connectivity index (χ3v) is 2.30. The zero-order valence-corrected chi connectivity index (χ0v) is 10.7. The second kappa shape index (κ2) is 6.13. The maximum absolute atomic E-state index is 11.0. The van der Waals surface area contributed by atoms with Crippen LogP contribution in [0, 0.1) is 0 Å². The van der Waals surface area contributed by atoms with Crippen LogP contribution in [0.25, 0.3) is 0 Å². The molecule has 0 N–H and O–H groups in total. The molecule has 17 heavy (non-hydrogen) atoms. The van der Waals surface area contributed by atoms with Crippen molar-refractivity contribution >= 4 is 5.97 Å². The summed E-state index contributed by atoms with van der Waals surface area (Å²) in [6, 6.07) is 3.73. The Labute approximate surface area is 101 Å². The number of methoxy groups -OCH3 is 2. The van der Waals surface area contributed by atoms with Gasteiger partial charge in [0.1, 0.15) is 0 Å². The van der Waals surface area contributed by atoms with Crippen LogP contribution in [-0.2, 0) is 11.2 Å². The number of aryl methyl sites for hydroxylation is 1. The largest absolute Gasteiger partial charge is 0.493 e. The Kier molecular flexibility index (Phi) is 4.82. The molecular weight excluding hydrogens is 220 g/mol. The molecule has 0 saturated carbocycles. The Balaban J connectivity index is 3.20. The highest BCUT2D eigenvalue weighted by Gasteiger charge is 2.15. The molecule has 0 saturated heterocycles. The van der Waals surface area contributed by atoms with E-state index in [2.05, 4.69) is 6.92 Å². The second-order valence-corrected chi connectivity index (χ2v) is 3.67. The zero-order chi connectivity index (χ0) is 12.8. The summed E-state index contributed by atoms with van der Waals surface area (Å²) in [5, 5.41) is 0. The molecule has 0 heterocycles. The highest BCUT2D eigenvalue weighted by atomic mass is 16.6. The van der Waals surface area contributed by atoms with Crippen molar-refractivity contribution in [2.45, 2.75) is 26.7 Å². The highest BCUT2D eigenvalue weighted by Crippen LogP contribution is 2.38. The summed E-state index contributed by atoms with van der Waals surface area (Å²) in [7, 11) is 3.08. The van der Waals surface area contributed by atoms with Gasteiger partial charge in [-0.05, 0) is 24.1 Å². The SMILES string of the molecule is CCCc1cc(OC)c(OC(C)=O)c(OC)c1. The van der Waals surface area contributed by atoms with Gasteiger partial charge in [0.05, 0.1) is 14.2 Å². The molecule has 0 aliphatic carbocycles. The van der Waals surface area contributed by atoms with Gasteiger partial charge in [-0.1, -0.05) is 13.3 Å². The molecule has 0 fully saturated rings. The normalized spacial score (nSPS) is 9.88. The molecule has 4 nitrogen and oxygen atoms in total. The monoisotopic (exact) mass is 238 g/mol. The molecule has 0 radical (unpaired) electrons. The van der Waals surface area contributed by atoms with Crippen molar-refractivity contribution < 1.29 is 19.0 Å². The van der Waals surface area contributed by atoms with E-state index < -0.39 is 5.97 Å². The molecule has 0 amide bonds. The number of carbonyl (C=O) groups excluding carboxylic acids is 1. The Morgan fingerprint density at radius 2 is 1.71 bits per heavy atom. The Morgan fingerprint density at radius 1 is 1.18 bits per heavy atom. The van der Waals surface area contributed by atoms with Crippen molar-refractivity contribution in [3.63, 3.8) is 0 Å². The first-order valence-electron chi connectivity index (χ1n) is 5.55. The number of benzene rings is 1. The topological polar surface area (TPSA) is 44.8 Å². The molecular formula is C13H18O4. The van der Waals surface area contributed by atoms with Crippen molar-refractivity contribution in [1.82, 2.24) is 0 Å². The van der Waals surface area contributed by atoms with Gasteiger partial charge in [-0.3, -0.25) is 4.79 Å². The van der Waals surface area contributed by atoms with E-state index in [0.717, 1.165) is 18.4 Å². The standard InChI is InChI=1S/C13H18O4/c1-5-6-10-7-11(15-3)13(17-9(2)14)12(8-10)16-4/h7-8H,5-6H2,1-4H3. The summed E-state index contributed by atoms with van der Waals surface area (Å²) in [5.74, 6) is 0.971. The van der Waals surface area contributed by atoms with Crippen LogP contribution in [0.1, 0.15) is 25.8 Å². The molecule has 0 bridgehead atoms. The fourth-order valence-electron chi connectivity index (χ4n) is 1.61. The lowest BCUT2D eigenvalue weighted by Gasteiger charge is -2.14. The van der Waals surface area contributed by atoms with Gasteiger partial charge in [-0.15, -0.1) is 0 Å². The fourth-order valence-corrected chi connectivity index (χ4v) is 1.61. The maximum atomic E-state index is 11.0. The lowest BCUT2D eigenvalue weighted by molar-refractivity contribution is -0.132. The Bertz CT molecular complexity index is 373. The number of esters is 1. The van der Waals surface area contributed by atoms with Crippen LogP contribution in [0.2, 0.25) is 0 Å². The number of hydrogen-bond donors (Lipinski definition) is 0. The zero-order valence-electron chi connectivity index (χ0n) is 10.7. The lowest BCUT2D eigenvalue weighted by atomic mass is 10.1. The van der Waals surface area contributed by atoms with Crippen LogP contribution in [0.4, 0.5) is 0 Å². The Morgan fingerprint density at radius 3 is 2.06 bits per heavy atom. The molecule has 0 unspecified atom stereocenters. The first kappa shape index (κ1) is 13.4. The van der Waals surface area contributed by atoms with Gasteiger partial charge in [0.2, 0.25) is 5.75 Å². The third kappa shape index (κ3) is 3.37. The predicted octanol–water partition coefficient (Wildman–Crippen LogP) is 2.58. The number of carbonyl (C=O) groups is 1. The molecule has 0 spiro atoms. The van der Waals surface area contributed by atoms with E-state index in [1.54, 1.807) is 0 Å². The first-order chi connectivity index (χ1) is 8.12. The van der Waals surface area contributed by atoms with E-state index in [1.807, 2.05) is 12.1 Å². The average molecular weight is 238 g/mol. The van der Waals surface area contributed by atoms with Gasteiger partial charge in [0, 0.05) is 6.92 Å². The number of hydrogen-bond acceptors (Lipinski definition) is 4. The molecule has 1 rings (SSSR count). The van der Waals surface area contributed by atoms with E-state index in [0.29, 0.717) is 17.2 Å². The summed E-state index contributed by atoms with van der Waals surface area (Å²) >= 11 is 0. The van der Waals surface area contributed by atoms with Gasteiger partial charge < -0.3 is 14.2 Å². The van der Waals surface area contributed by atoms with E-state index in [9.17, 15) is 4.79 Å². The van der Waals surface area contributed by atoms with E-state index in [-0.39, 0.29) is 0 Å². The molecule has 94 valence electrons. The molecule has 0 aliphatic heterocycles. The van der Waals surface area contributed by atoms with Crippen LogP contribution in [-0.4, -0.2) is 20.2 Å². The summed E-state index contributed by atoms with van der Waals surface area (Å²) in [6.07, 6.45) is 1.95.